The maximum Gasteiger partial charge on any atom is 0.0409 e. The Morgan fingerprint density at radius 1 is 1.50 bits per heavy atom. The molecule has 0 radical (unpaired) electrons. The maximum absolute atomic E-state index is 5.94. The normalized spacial score (nSPS) is 22.0. The smallest absolute Gasteiger partial charge is 0.0409 e. The summed E-state index contributed by atoms with van der Waals surface area (Å²) < 4.78 is 0. The van der Waals surface area contributed by atoms with E-state index in [1.807, 2.05) is 23.9 Å². The molecule has 0 aliphatic carbocycles. The van der Waals surface area contributed by atoms with Gasteiger partial charge in [0.25, 0.3) is 0 Å². The molecule has 0 fully saturated rings. The van der Waals surface area contributed by atoms with Crippen LogP contribution in [-0.4, -0.2) is 5.75 Å². The number of nitrogens with two attached hydrogens (primary N) is 1. The molecule has 1 heterocycles. The molecule has 1 aliphatic rings. The SMILES string of the molecule is NC1CSCc2ccc(Cl)cc21. The van der Waals surface area contributed by atoms with Crippen LogP contribution in [0, 0.1) is 0 Å². The molecular weight excluding hydrogens is 190 g/mol. The average Bonchev–Trinajstić information content (AvgIpc) is 2.07. The highest BCUT2D eigenvalue weighted by Gasteiger charge is 2.16. The van der Waals surface area contributed by atoms with Gasteiger partial charge in [-0.05, 0) is 23.3 Å². The third-order valence-electron chi connectivity index (χ3n) is 2.06. The van der Waals surface area contributed by atoms with Crippen LogP contribution in [0.1, 0.15) is 17.2 Å². The van der Waals surface area contributed by atoms with Gasteiger partial charge in [0.1, 0.15) is 0 Å². The van der Waals surface area contributed by atoms with Crippen LogP contribution in [0.15, 0.2) is 18.2 Å². The molecule has 2 rings (SSSR count). The van der Waals surface area contributed by atoms with Gasteiger partial charge in [0.05, 0.1) is 0 Å². The standard InChI is InChI=1S/C9H10ClNS/c10-7-2-1-6-4-12-5-9(11)8(6)3-7/h1-3,9H,4-5,11H2. The summed E-state index contributed by atoms with van der Waals surface area (Å²) in [5.74, 6) is 2.08. The predicted molar refractivity (Wildman–Crippen MR) is 54.5 cm³/mol. The zero-order valence-corrected chi connectivity index (χ0v) is 8.16. The third-order valence-corrected chi connectivity index (χ3v) is 3.41. The second-order valence-corrected chi connectivity index (χ2v) is 4.43. The minimum atomic E-state index is 0.164. The number of hydrogen-bond acceptors (Lipinski definition) is 2. The minimum absolute atomic E-state index is 0.164. The highest BCUT2D eigenvalue weighted by atomic mass is 35.5. The van der Waals surface area contributed by atoms with Crippen LogP contribution in [0.5, 0.6) is 0 Å². The van der Waals surface area contributed by atoms with Crippen LogP contribution in [-0.2, 0) is 5.75 Å². The number of fused-ring (bicyclic) bond motifs is 1. The van der Waals surface area contributed by atoms with E-state index in [0.29, 0.717) is 0 Å². The lowest BCUT2D eigenvalue weighted by Crippen LogP contribution is -2.18. The summed E-state index contributed by atoms with van der Waals surface area (Å²) in [6.07, 6.45) is 0. The number of benzene rings is 1. The largest absolute Gasteiger partial charge is 0.323 e. The first-order valence-corrected chi connectivity index (χ1v) is 5.42. The topological polar surface area (TPSA) is 26.0 Å². The summed E-state index contributed by atoms with van der Waals surface area (Å²) in [5, 5.41) is 0.788. The van der Waals surface area contributed by atoms with Crippen LogP contribution >= 0.6 is 23.4 Å². The van der Waals surface area contributed by atoms with Crippen LogP contribution in [0.25, 0.3) is 0 Å². The van der Waals surface area contributed by atoms with Crippen molar-refractivity contribution >= 4 is 23.4 Å². The van der Waals surface area contributed by atoms with E-state index in [2.05, 4.69) is 6.07 Å². The molecule has 1 atom stereocenters. The second-order valence-electron chi connectivity index (χ2n) is 2.96. The summed E-state index contributed by atoms with van der Waals surface area (Å²) in [6, 6.07) is 6.15. The first-order valence-electron chi connectivity index (χ1n) is 3.89. The van der Waals surface area contributed by atoms with Crippen molar-refractivity contribution in [1.29, 1.82) is 0 Å². The highest BCUT2D eigenvalue weighted by molar-refractivity contribution is 7.98. The fourth-order valence-corrected chi connectivity index (χ4v) is 2.64. The first kappa shape index (κ1) is 8.42. The molecule has 3 heteroatoms. The number of thioether (sulfide) groups is 1. The Morgan fingerprint density at radius 3 is 3.17 bits per heavy atom. The molecule has 1 nitrogen and oxygen atoms in total. The third kappa shape index (κ3) is 1.47. The van der Waals surface area contributed by atoms with Crippen molar-refractivity contribution in [3.8, 4) is 0 Å². The van der Waals surface area contributed by atoms with Crippen molar-refractivity contribution in [1.82, 2.24) is 0 Å². The van der Waals surface area contributed by atoms with E-state index in [0.717, 1.165) is 16.5 Å². The summed E-state index contributed by atoms with van der Waals surface area (Å²) in [5.41, 5.74) is 8.50. The number of hydrogen-bond donors (Lipinski definition) is 1. The van der Waals surface area contributed by atoms with Gasteiger partial charge < -0.3 is 5.73 Å². The molecule has 0 saturated heterocycles. The lowest BCUT2D eigenvalue weighted by molar-refractivity contribution is 0.809. The fraction of sp³-hybridized carbons (Fsp3) is 0.333. The molecule has 12 heavy (non-hydrogen) atoms. The van der Waals surface area contributed by atoms with E-state index in [4.69, 9.17) is 17.3 Å². The summed E-state index contributed by atoms with van der Waals surface area (Å²) >= 11 is 7.76. The van der Waals surface area contributed by atoms with Crippen LogP contribution in [0.3, 0.4) is 0 Å². The molecule has 0 bridgehead atoms. The second kappa shape index (κ2) is 3.29. The molecule has 0 saturated carbocycles. The molecule has 2 N–H and O–H groups in total. The van der Waals surface area contributed by atoms with E-state index in [9.17, 15) is 0 Å². The molecule has 1 aromatic carbocycles. The van der Waals surface area contributed by atoms with E-state index in [1.54, 1.807) is 0 Å². The van der Waals surface area contributed by atoms with Crippen LogP contribution in [0.4, 0.5) is 0 Å². The Bertz CT molecular complexity index is 301. The Labute approximate surface area is 81.3 Å². The molecule has 64 valence electrons. The highest BCUT2D eigenvalue weighted by Crippen LogP contribution is 2.31. The van der Waals surface area contributed by atoms with Crippen molar-refractivity contribution in [2.24, 2.45) is 5.73 Å². The van der Waals surface area contributed by atoms with Crippen LogP contribution in [0.2, 0.25) is 5.02 Å². The molecule has 1 aliphatic heterocycles. The average molecular weight is 200 g/mol. The summed E-state index contributed by atoms with van der Waals surface area (Å²) in [7, 11) is 0. The predicted octanol–water partition coefficient (Wildman–Crippen LogP) is 2.59. The molecule has 1 unspecified atom stereocenters. The molecular formula is C9H10ClNS. The maximum atomic E-state index is 5.94. The van der Waals surface area contributed by atoms with Crippen LogP contribution < -0.4 is 5.73 Å². The zero-order chi connectivity index (χ0) is 8.55. The lowest BCUT2D eigenvalue weighted by atomic mass is 10.0. The minimum Gasteiger partial charge on any atom is -0.323 e. The van der Waals surface area contributed by atoms with Gasteiger partial charge in [0.2, 0.25) is 0 Å². The van der Waals surface area contributed by atoms with Gasteiger partial charge in [-0.2, -0.15) is 11.8 Å². The number of halogens is 1. The molecule has 0 aromatic heterocycles. The van der Waals surface area contributed by atoms with Gasteiger partial charge in [0.15, 0.2) is 0 Å². The molecule has 1 aromatic rings. The van der Waals surface area contributed by atoms with Gasteiger partial charge >= 0.3 is 0 Å². The van der Waals surface area contributed by atoms with Gasteiger partial charge in [0, 0.05) is 22.6 Å². The van der Waals surface area contributed by atoms with Crippen molar-refractivity contribution in [3.63, 3.8) is 0 Å². The van der Waals surface area contributed by atoms with E-state index in [-0.39, 0.29) is 6.04 Å². The van der Waals surface area contributed by atoms with E-state index >= 15 is 0 Å². The first-order chi connectivity index (χ1) is 5.77. The Hall–Kier alpha value is -0.180. The summed E-state index contributed by atoms with van der Waals surface area (Å²) in [6.45, 7) is 0. The molecule has 0 amide bonds. The van der Waals surface area contributed by atoms with Crippen molar-refractivity contribution in [2.45, 2.75) is 11.8 Å². The van der Waals surface area contributed by atoms with Crippen molar-refractivity contribution in [3.05, 3.63) is 34.3 Å². The Kier molecular flexibility index (Phi) is 2.31. The fourth-order valence-electron chi connectivity index (χ4n) is 1.43. The zero-order valence-electron chi connectivity index (χ0n) is 6.59. The van der Waals surface area contributed by atoms with Gasteiger partial charge in [-0.3, -0.25) is 0 Å². The van der Waals surface area contributed by atoms with Crippen molar-refractivity contribution in [2.75, 3.05) is 5.75 Å². The molecule has 0 spiro atoms. The van der Waals surface area contributed by atoms with Gasteiger partial charge in [-0.15, -0.1) is 0 Å². The van der Waals surface area contributed by atoms with E-state index < -0.39 is 0 Å². The van der Waals surface area contributed by atoms with Crippen molar-refractivity contribution < 1.29 is 0 Å². The number of rotatable bonds is 0. The quantitative estimate of drug-likeness (QED) is 0.695. The van der Waals surface area contributed by atoms with Gasteiger partial charge in [-0.25, -0.2) is 0 Å². The Morgan fingerprint density at radius 2 is 2.33 bits per heavy atom. The monoisotopic (exact) mass is 199 g/mol. The Balaban J connectivity index is 2.47. The van der Waals surface area contributed by atoms with E-state index in [1.165, 1.54) is 11.1 Å². The van der Waals surface area contributed by atoms with Gasteiger partial charge in [-0.1, -0.05) is 17.7 Å². The summed E-state index contributed by atoms with van der Waals surface area (Å²) in [4.78, 5) is 0. The lowest BCUT2D eigenvalue weighted by Gasteiger charge is -2.21.